The van der Waals surface area contributed by atoms with Crippen molar-refractivity contribution < 1.29 is 31.6 Å². The van der Waals surface area contributed by atoms with Crippen LogP contribution in [0.1, 0.15) is 40.3 Å². The molecule has 0 saturated carbocycles. The number of fused-ring (bicyclic) bond motifs is 1. The van der Waals surface area contributed by atoms with Gasteiger partial charge in [-0.15, -0.1) is 0 Å². The number of halogens is 1. The van der Waals surface area contributed by atoms with Crippen LogP contribution in [0.2, 0.25) is 0 Å². The summed E-state index contributed by atoms with van der Waals surface area (Å²) in [5.74, 6) is -0.340. The van der Waals surface area contributed by atoms with Crippen molar-refractivity contribution in [1.29, 1.82) is 0 Å². The number of hydrogen-bond acceptors (Lipinski definition) is 3. The minimum Gasteiger partial charge on any atom is -1.00 e. The maximum Gasteiger partial charge on any atom is 0.355 e. The molecule has 5 nitrogen and oxygen atoms in total. The standard InChI is InChI=1S/C16H20N2O3.ClH/c1-5-21-16(20)15-13(9-18(3)4)12-8-11(10(2)19)6-7-14(12)17-15;/h6-8,17H,5,9H2,1-4H3;1H. The Kier molecular flexibility index (Phi) is 6.14. The Bertz CT molecular complexity index is 692. The normalized spacial score (nSPS) is 10.6. The largest absolute Gasteiger partial charge is 1.00 e. The summed E-state index contributed by atoms with van der Waals surface area (Å²) in [5, 5.41) is 0.909. The van der Waals surface area contributed by atoms with Crippen LogP contribution in [0.15, 0.2) is 18.2 Å². The molecule has 0 spiro atoms. The third-order valence-corrected chi connectivity index (χ3v) is 3.32. The van der Waals surface area contributed by atoms with E-state index < -0.39 is 0 Å². The van der Waals surface area contributed by atoms with Crippen LogP contribution >= 0.6 is 0 Å². The highest BCUT2D eigenvalue weighted by molar-refractivity contribution is 6.02. The molecule has 0 atom stereocenters. The lowest BCUT2D eigenvalue weighted by Gasteiger charge is -2.08. The molecule has 6 heteroatoms. The molecule has 0 aliphatic heterocycles. The number of carbonyl (C=O) groups is 2. The Morgan fingerprint density at radius 3 is 2.50 bits per heavy atom. The van der Waals surface area contributed by atoms with E-state index >= 15 is 0 Å². The van der Waals surface area contributed by atoms with Crippen molar-refractivity contribution in [3.8, 4) is 0 Å². The minimum atomic E-state index is -0.352. The Labute approximate surface area is 136 Å². The number of rotatable bonds is 5. The SMILES string of the molecule is CCOC(=O)c1[nH]c2ccc(C(C)=O)cc2c1C[NH+](C)C.[Cl-]. The molecule has 0 amide bonds. The first-order chi connectivity index (χ1) is 9.93. The zero-order valence-corrected chi connectivity index (χ0v) is 14.0. The fraction of sp³-hybridized carbons (Fsp3) is 0.375. The van der Waals surface area contributed by atoms with Gasteiger partial charge in [-0.3, -0.25) is 4.79 Å². The van der Waals surface area contributed by atoms with Crippen LogP contribution in [0, 0.1) is 0 Å². The molecule has 0 bridgehead atoms. The summed E-state index contributed by atoms with van der Waals surface area (Å²) in [6.45, 7) is 4.33. The summed E-state index contributed by atoms with van der Waals surface area (Å²) >= 11 is 0. The maximum absolute atomic E-state index is 12.1. The number of H-pyrrole nitrogens is 1. The highest BCUT2D eigenvalue weighted by Gasteiger charge is 2.21. The average molecular weight is 325 g/mol. The average Bonchev–Trinajstić information content (AvgIpc) is 2.76. The van der Waals surface area contributed by atoms with Crippen LogP contribution in [-0.2, 0) is 11.3 Å². The minimum absolute atomic E-state index is 0. The quantitative estimate of drug-likeness (QED) is 0.504. The Morgan fingerprint density at radius 2 is 1.95 bits per heavy atom. The van der Waals surface area contributed by atoms with Gasteiger partial charge >= 0.3 is 5.97 Å². The van der Waals surface area contributed by atoms with Gasteiger partial charge in [0, 0.05) is 22.0 Å². The predicted octanol–water partition coefficient (Wildman–Crippen LogP) is -1.80. The molecule has 0 unspecified atom stereocenters. The van der Waals surface area contributed by atoms with Crippen molar-refractivity contribution in [1.82, 2.24) is 4.98 Å². The number of aromatic amines is 1. The maximum atomic E-state index is 12.1. The van der Waals surface area contributed by atoms with Gasteiger partial charge in [0.1, 0.15) is 12.2 Å². The van der Waals surface area contributed by atoms with E-state index in [9.17, 15) is 9.59 Å². The molecule has 1 aromatic heterocycles. The summed E-state index contributed by atoms with van der Waals surface area (Å²) in [6.07, 6.45) is 0. The van der Waals surface area contributed by atoms with Crippen molar-refractivity contribution in [2.75, 3.05) is 20.7 Å². The van der Waals surface area contributed by atoms with Gasteiger partial charge < -0.3 is 27.0 Å². The summed E-state index contributed by atoms with van der Waals surface area (Å²) in [7, 11) is 4.03. The number of esters is 1. The smallest absolute Gasteiger partial charge is 0.355 e. The highest BCUT2D eigenvalue weighted by atomic mass is 35.5. The lowest BCUT2D eigenvalue weighted by molar-refractivity contribution is -0.872. The molecule has 22 heavy (non-hydrogen) atoms. The first-order valence-electron chi connectivity index (χ1n) is 7.05. The van der Waals surface area contributed by atoms with Gasteiger partial charge in [0.2, 0.25) is 0 Å². The van der Waals surface area contributed by atoms with Crippen LogP contribution in [0.3, 0.4) is 0 Å². The Balaban J connectivity index is 0.00000242. The lowest BCUT2D eigenvalue weighted by atomic mass is 10.1. The molecule has 2 rings (SSSR count). The molecule has 0 fully saturated rings. The molecular formula is C16H21ClN2O3. The number of aromatic nitrogens is 1. The molecule has 2 N–H and O–H groups in total. The third-order valence-electron chi connectivity index (χ3n) is 3.32. The van der Waals surface area contributed by atoms with E-state index in [1.54, 1.807) is 13.0 Å². The van der Waals surface area contributed by atoms with Gasteiger partial charge in [0.25, 0.3) is 0 Å². The number of benzene rings is 1. The second-order valence-electron chi connectivity index (χ2n) is 5.40. The van der Waals surface area contributed by atoms with Crippen LogP contribution in [0.25, 0.3) is 10.9 Å². The van der Waals surface area contributed by atoms with Crippen molar-refractivity contribution in [3.05, 3.63) is 35.0 Å². The number of ether oxygens (including phenoxy) is 1. The second-order valence-corrected chi connectivity index (χ2v) is 5.40. The van der Waals surface area contributed by atoms with E-state index in [4.69, 9.17) is 4.74 Å². The number of quaternary nitrogens is 1. The van der Waals surface area contributed by atoms with Gasteiger partial charge in [-0.2, -0.15) is 0 Å². The molecule has 0 radical (unpaired) electrons. The van der Waals surface area contributed by atoms with Crippen LogP contribution < -0.4 is 17.3 Å². The Hall–Kier alpha value is -1.85. The highest BCUT2D eigenvalue weighted by Crippen LogP contribution is 2.24. The van der Waals surface area contributed by atoms with E-state index in [2.05, 4.69) is 4.98 Å². The second kappa shape index (κ2) is 7.42. The number of ketones is 1. The van der Waals surface area contributed by atoms with Gasteiger partial charge in [0.15, 0.2) is 5.78 Å². The van der Waals surface area contributed by atoms with Crippen molar-refractivity contribution in [2.24, 2.45) is 0 Å². The summed E-state index contributed by atoms with van der Waals surface area (Å²) in [5.41, 5.74) is 2.87. The van der Waals surface area contributed by atoms with Crippen molar-refractivity contribution in [3.63, 3.8) is 0 Å². The van der Waals surface area contributed by atoms with E-state index in [0.717, 1.165) is 16.5 Å². The number of Topliss-reactive ketones (excluding diaryl/α,β-unsaturated/α-hetero) is 1. The zero-order chi connectivity index (χ0) is 15.6. The number of nitrogens with one attached hydrogen (secondary N) is 2. The lowest BCUT2D eigenvalue weighted by Crippen LogP contribution is -3.04. The van der Waals surface area contributed by atoms with Crippen LogP contribution in [0.5, 0.6) is 0 Å². The summed E-state index contributed by atoms with van der Waals surface area (Å²) < 4.78 is 5.11. The molecule has 0 aliphatic rings. The fourth-order valence-electron chi connectivity index (χ4n) is 2.38. The molecule has 2 aromatic rings. The van der Waals surface area contributed by atoms with E-state index in [1.807, 2.05) is 26.2 Å². The monoisotopic (exact) mass is 324 g/mol. The molecular weight excluding hydrogens is 304 g/mol. The molecule has 120 valence electrons. The zero-order valence-electron chi connectivity index (χ0n) is 13.2. The van der Waals surface area contributed by atoms with Crippen LogP contribution in [-0.4, -0.2) is 37.4 Å². The van der Waals surface area contributed by atoms with Gasteiger partial charge in [-0.25, -0.2) is 4.79 Å². The topological polar surface area (TPSA) is 63.6 Å². The van der Waals surface area contributed by atoms with Gasteiger partial charge in [-0.1, -0.05) is 0 Å². The number of carbonyl (C=O) groups excluding carboxylic acids is 2. The van der Waals surface area contributed by atoms with Gasteiger partial charge in [0.05, 0.1) is 20.7 Å². The Morgan fingerprint density at radius 1 is 1.27 bits per heavy atom. The van der Waals surface area contributed by atoms with Crippen LogP contribution in [0.4, 0.5) is 0 Å². The summed E-state index contributed by atoms with van der Waals surface area (Å²) in [6, 6.07) is 5.45. The number of hydrogen-bond donors (Lipinski definition) is 2. The van der Waals surface area contributed by atoms with E-state index in [1.165, 1.54) is 11.8 Å². The van der Waals surface area contributed by atoms with Gasteiger partial charge in [-0.05, 0) is 32.0 Å². The summed E-state index contributed by atoms with van der Waals surface area (Å²) in [4.78, 5) is 28.0. The predicted molar refractivity (Wildman–Crippen MR) is 80.8 cm³/mol. The molecule has 0 aliphatic carbocycles. The van der Waals surface area contributed by atoms with Crippen molar-refractivity contribution in [2.45, 2.75) is 20.4 Å². The third kappa shape index (κ3) is 3.67. The fourth-order valence-corrected chi connectivity index (χ4v) is 2.38. The first kappa shape index (κ1) is 18.2. The molecule has 1 heterocycles. The first-order valence-corrected chi connectivity index (χ1v) is 7.05. The van der Waals surface area contributed by atoms with Crippen molar-refractivity contribution >= 4 is 22.7 Å². The molecule has 1 aromatic carbocycles. The molecule has 0 saturated heterocycles. The van der Waals surface area contributed by atoms with E-state index in [-0.39, 0.29) is 24.2 Å². The van der Waals surface area contributed by atoms with E-state index in [0.29, 0.717) is 24.4 Å².